The lowest BCUT2D eigenvalue weighted by Crippen LogP contribution is -2.29. The fraction of sp³-hybridized carbons (Fsp3) is 0.0588. The summed E-state index contributed by atoms with van der Waals surface area (Å²) in [6.07, 6.45) is 0. The first kappa shape index (κ1) is 15.9. The smallest absolute Gasteiger partial charge is 0.207 e. The van der Waals surface area contributed by atoms with E-state index in [0.29, 0.717) is 0 Å². The average molecular weight is 347 g/mol. The zero-order valence-corrected chi connectivity index (χ0v) is 13.6. The summed E-state index contributed by atoms with van der Waals surface area (Å²) in [4.78, 5) is 0.783. The number of sulfonamides is 1. The summed E-state index contributed by atoms with van der Waals surface area (Å²) < 4.78 is 41.2. The second-order valence-corrected chi connectivity index (χ2v) is 7.63. The first-order valence-corrected chi connectivity index (χ1v) is 9.29. The van der Waals surface area contributed by atoms with Crippen molar-refractivity contribution in [2.75, 3.05) is 0 Å². The predicted octanol–water partition coefficient (Wildman–Crippen LogP) is 3.96. The Balaban J connectivity index is 1.99. The molecule has 0 spiro atoms. The van der Waals surface area contributed by atoms with Crippen LogP contribution in [0.1, 0.15) is 16.5 Å². The minimum absolute atomic E-state index is 0.0880. The maximum absolute atomic E-state index is 13.3. The van der Waals surface area contributed by atoms with Gasteiger partial charge in [-0.05, 0) is 35.2 Å². The van der Waals surface area contributed by atoms with Crippen molar-refractivity contribution in [1.29, 1.82) is 0 Å². The summed E-state index contributed by atoms with van der Waals surface area (Å²) in [5.41, 5.74) is 0.829. The molecule has 1 aromatic heterocycles. The summed E-state index contributed by atoms with van der Waals surface area (Å²) >= 11 is 1.46. The highest BCUT2D eigenvalue weighted by Gasteiger charge is 2.23. The van der Waals surface area contributed by atoms with Crippen molar-refractivity contribution in [3.05, 3.63) is 88.4 Å². The van der Waals surface area contributed by atoms with Gasteiger partial charge in [0.25, 0.3) is 0 Å². The third kappa shape index (κ3) is 3.67. The third-order valence-corrected chi connectivity index (χ3v) is 5.70. The van der Waals surface area contributed by atoms with E-state index in [2.05, 4.69) is 4.72 Å². The Bertz CT molecular complexity index is 878. The Hall–Kier alpha value is -2.02. The molecular weight excluding hydrogens is 333 g/mol. The fourth-order valence-electron chi connectivity index (χ4n) is 2.25. The van der Waals surface area contributed by atoms with E-state index in [1.54, 1.807) is 0 Å². The lowest BCUT2D eigenvalue weighted by molar-refractivity contribution is 0.570. The van der Waals surface area contributed by atoms with Gasteiger partial charge in [-0.1, -0.05) is 42.5 Å². The molecule has 0 fully saturated rings. The third-order valence-electron chi connectivity index (χ3n) is 3.34. The van der Waals surface area contributed by atoms with Gasteiger partial charge in [0, 0.05) is 4.88 Å². The minimum Gasteiger partial charge on any atom is -0.207 e. The Labute approximate surface area is 138 Å². The Morgan fingerprint density at radius 1 is 0.957 bits per heavy atom. The van der Waals surface area contributed by atoms with Crippen LogP contribution in [-0.4, -0.2) is 8.42 Å². The highest BCUT2D eigenvalue weighted by atomic mass is 32.2. The van der Waals surface area contributed by atoms with Gasteiger partial charge in [0.1, 0.15) is 5.82 Å². The van der Waals surface area contributed by atoms with Crippen molar-refractivity contribution in [1.82, 2.24) is 4.72 Å². The maximum Gasteiger partial charge on any atom is 0.241 e. The van der Waals surface area contributed by atoms with Crippen LogP contribution in [0.5, 0.6) is 0 Å². The second-order valence-electron chi connectivity index (χ2n) is 4.94. The molecule has 1 unspecified atom stereocenters. The summed E-state index contributed by atoms with van der Waals surface area (Å²) in [5.74, 6) is -0.583. The SMILES string of the molecule is O=S(=O)(NC(c1ccccc1)c1cccs1)c1cccc(F)c1. The number of thiophene rings is 1. The van der Waals surface area contributed by atoms with Gasteiger partial charge in [-0.2, -0.15) is 4.72 Å². The summed E-state index contributed by atoms with van der Waals surface area (Å²) in [6.45, 7) is 0. The number of halogens is 1. The molecule has 0 amide bonds. The molecule has 1 heterocycles. The highest BCUT2D eigenvalue weighted by molar-refractivity contribution is 7.89. The van der Waals surface area contributed by atoms with Crippen LogP contribution in [0.2, 0.25) is 0 Å². The first-order valence-electron chi connectivity index (χ1n) is 6.92. The van der Waals surface area contributed by atoms with E-state index in [9.17, 15) is 12.8 Å². The van der Waals surface area contributed by atoms with Crippen LogP contribution in [0, 0.1) is 5.82 Å². The van der Waals surface area contributed by atoms with E-state index in [-0.39, 0.29) is 4.90 Å². The average Bonchev–Trinajstić information content (AvgIpc) is 3.08. The van der Waals surface area contributed by atoms with Crippen molar-refractivity contribution >= 4 is 21.4 Å². The van der Waals surface area contributed by atoms with Gasteiger partial charge in [-0.25, -0.2) is 12.8 Å². The molecule has 0 aliphatic rings. The van der Waals surface area contributed by atoms with Gasteiger partial charge in [-0.3, -0.25) is 0 Å². The van der Waals surface area contributed by atoms with Gasteiger partial charge in [0.2, 0.25) is 10.0 Å². The number of hydrogen-bond donors (Lipinski definition) is 1. The molecule has 0 saturated carbocycles. The van der Waals surface area contributed by atoms with Crippen molar-refractivity contribution in [3.63, 3.8) is 0 Å². The molecule has 3 nitrogen and oxygen atoms in total. The van der Waals surface area contributed by atoms with Crippen molar-refractivity contribution in [2.45, 2.75) is 10.9 Å². The molecule has 1 N–H and O–H groups in total. The molecule has 0 aliphatic carbocycles. The van der Waals surface area contributed by atoms with E-state index >= 15 is 0 Å². The number of rotatable bonds is 5. The standard InChI is InChI=1S/C17H14FNO2S2/c18-14-8-4-9-15(12-14)23(20,21)19-17(16-10-5-11-22-16)13-6-2-1-3-7-13/h1-12,17,19H. The lowest BCUT2D eigenvalue weighted by atomic mass is 10.1. The van der Waals surface area contributed by atoms with E-state index in [4.69, 9.17) is 0 Å². The molecule has 23 heavy (non-hydrogen) atoms. The maximum atomic E-state index is 13.3. The van der Waals surface area contributed by atoms with Gasteiger partial charge in [0.15, 0.2) is 0 Å². The molecule has 6 heteroatoms. The zero-order chi connectivity index (χ0) is 16.3. The fourth-order valence-corrected chi connectivity index (χ4v) is 4.36. The molecule has 1 atom stereocenters. The largest absolute Gasteiger partial charge is 0.241 e. The van der Waals surface area contributed by atoms with E-state index < -0.39 is 21.9 Å². The van der Waals surface area contributed by atoms with Crippen LogP contribution in [0.3, 0.4) is 0 Å². The van der Waals surface area contributed by atoms with Crippen LogP contribution >= 0.6 is 11.3 Å². The van der Waals surface area contributed by atoms with E-state index in [1.165, 1.54) is 29.5 Å². The van der Waals surface area contributed by atoms with Gasteiger partial charge >= 0.3 is 0 Å². The molecule has 118 valence electrons. The number of benzene rings is 2. The van der Waals surface area contributed by atoms with E-state index in [0.717, 1.165) is 16.5 Å². The Morgan fingerprint density at radius 3 is 2.39 bits per heavy atom. The Morgan fingerprint density at radius 2 is 1.74 bits per heavy atom. The summed E-state index contributed by atoms with van der Waals surface area (Å²) in [6, 6.07) is 17.5. The van der Waals surface area contributed by atoms with Crippen molar-refractivity contribution in [2.24, 2.45) is 0 Å². The monoisotopic (exact) mass is 347 g/mol. The second kappa shape index (κ2) is 6.62. The number of nitrogens with one attached hydrogen (secondary N) is 1. The molecular formula is C17H14FNO2S2. The van der Waals surface area contributed by atoms with Crippen molar-refractivity contribution < 1.29 is 12.8 Å². The topological polar surface area (TPSA) is 46.2 Å². The summed E-state index contributed by atoms with van der Waals surface area (Å²) in [5, 5.41) is 1.89. The normalized spacial score (nSPS) is 12.9. The lowest BCUT2D eigenvalue weighted by Gasteiger charge is -2.18. The van der Waals surface area contributed by atoms with Gasteiger partial charge in [-0.15, -0.1) is 11.3 Å². The van der Waals surface area contributed by atoms with Gasteiger partial charge < -0.3 is 0 Å². The molecule has 2 aromatic carbocycles. The molecule has 3 aromatic rings. The number of hydrogen-bond acceptors (Lipinski definition) is 3. The predicted molar refractivity (Wildman–Crippen MR) is 89.3 cm³/mol. The molecule has 0 bridgehead atoms. The molecule has 3 rings (SSSR count). The highest BCUT2D eigenvalue weighted by Crippen LogP contribution is 2.28. The molecule has 0 aliphatic heterocycles. The van der Waals surface area contributed by atoms with Crippen LogP contribution in [0.4, 0.5) is 4.39 Å². The van der Waals surface area contributed by atoms with Crippen LogP contribution in [0.25, 0.3) is 0 Å². The van der Waals surface area contributed by atoms with E-state index in [1.807, 2.05) is 47.8 Å². The van der Waals surface area contributed by atoms with Crippen molar-refractivity contribution in [3.8, 4) is 0 Å². The van der Waals surface area contributed by atoms with Crippen LogP contribution in [-0.2, 0) is 10.0 Å². The summed E-state index contributed by atoms with van der Waals surface area (Å²) in [7, 11) is -3.84. The zero-order valence-electron chi connectivity index (χ0n) is 12.0. The Kier molecular flexibility index (Phi) is 4.56. The first-order chi connectivity index (χ1) is 11.1. The van der Waals surface area contributed by atoms with Crippen LogP contribution in [0.15, 0.2) is 77.0 Å². The molecule has 0 radical (unpaired) electrons. The quantitative estimate of drug-likeness (QED) is 0.759. The molecule has 0 saturated heterocycles. The minimum atomic E-state index is -3.84. The van der Waals surface area contributed by atoms with Crippen LogP contribution < -0.4 is 4.72 Å². The van der Waals surface area contributed by atoms with Gasteiger partial charge in [0.05, 0.1) is 10.9 Å².